The van der Waals surface area contributed by atoms with E-state index in [1.54, 1.807) is 55.5 Å². The largest absolute Gasteiger partial charge is 0.451 e. The van der Waals surface area contributed by atoms with Crippen LogP contribution >= 0.6 is 0 Å². The number of aliphatic hydroxyl groups excluding tert-OH is 1. The van der Waals surface area contributed by atoms with Crippen LogP contribution in [0.5, 0.6) is 0 Å². The van der Waals surface area contributed by atoms with Gasteiger partial charge in [-0.3, -0.25) is 19.2 Å². The van der Waals surface area contributed by atoms with Crippen molar-refractivity contribution in [3.8, 4) is 0 Å². The average Bonchev–Trinajstić information content (AvgIpc) is 3.28. The molecule has 1 heterocycles. The van der Waals surface area contributed by atoms with Crippen LogP contribution in [0.1, 0.15) is 49.5 Å². The second-order valence-corrected chi connectivity index (χ2v) is 10.0. The lowest BCUT2D eigenvalue weighted by Gasteiger charge is -2.27. The van der Waals surface area contributed by atoms with Gasteiger partial charge in [-0.25, -0.2) is 9.69 Å². The van der Waals surface area contributed by atoms with Gasteiger partial charge in [-0.1, -0.05) is 60.2 Å². The first-order valence-electron chi connectivity index (χ1n) is 13.9. The average molecular weight is 596 g/mol. The fourth-order valence-electron chi connectivity index (χ4n) is 4.78. The number of hydrogen-bond donors (Lipinski definition) is 1. The highest BCUT2D eigenvalue weighted by molar-refractivity contribution is 6.25. The summed E-state index contributed by atoms with van der Waals surface area (Å²) in [5.41, 5.74) is 2.02. The number of aliphatic hydroxyl groups is 1. The number of ether oxygens (including phenoxy) is 4. The zero-order valence-electron chi connectivity index (χ0n) is 24.7. The zero-order chi connectivity index (χ0) is 31.5. The predicted molar refractivity (Wildman–Crippen MR) is 155 cm³/mol. The number of ketones is 2. The van der Waals surface area contributed by atoms with Crippen molar-refractivity contribution in [3.63, 3.8) is 0 Å². The quantitative estimate of drug-likeness (QED) is 0.185. The monoisotopic (exact) mass is 595 g/mol. The molecule has 2 amide bonds. The molecule has 2 aromatic carbocycles. The van der Waals surface area contributed by atoms with Crippen molar-refractivity contribution in [2.75, 3.05) is 26.9 Å². The number of carbonyl (C=O) groups excluding carboxylic acids is 5. The number of methoxy groups -OCH3 is 1. The minimum Gasteiger partial charge on any atom is -0.451 e. The lowest BCUT2D eigenvalue weighted by Crippen LogP contribution is -2.52. The Labute approximate surface area is 250 Å². The van der Waals surface area contributed by atoms with Gasteiger partial charge in [-0.15, -0.1) is 0 Å². The van der Waals surface area contributed by atoms with Crippen LogP contribution in [-0.4, -0.2) is 84.7 Å². The Balaban J connectivity index is 1.93. The number of benzene rings is 2. The maximum atomic E-state index is 13.7. The van der Waals surface area contributed by atoms with Gasteiger partial charge in [0.1, 0.15) is 6.10 Å². The molecule has 11 heteroatoms. The fourth-order valence-corrected chi connectivity index (χ4v) is 4.78. The van der Waals surface area contributed by atoms with Crippen LogP contribution in [0.15, 0.2) is 60.7 Å². The van der Waals surface area contributed by atoms with E-state index < -0.39 is 48.1 Å². The molecule has 0 bridgehead atoms. The highest BCUT2D eigenvalue weighted by Gasteiger charge is 2.48. The second-order valence-electron chi connectivity index (χ2n) is 10.0. The van der Waals surface area contributed by atoms with Crippen LogP contribution < -0.4 is 0 Å². The molecule has 43 heavy (non-hydrogen) atoms. The number of esters is 1. The van der Waals surface area contributed by atoms with Crippen molar-refractivity contribution in [2.24, 2.45) is 0 Å². The first-order chi connectivity index (χ1) is 20.6. The number of amides is 2. The molecule has 4 unspecified atom stereocenters. The van der Waals surface area contributed by atoms with E-state index in [1.807, 2.05) is 13.0 Å². The van der Waals surface area contributed by atoms with E-state index >= 15 is 0 Å². The standard InChI is InChI=1S/C32H37NO10/c1-20-10-8-13-24(18-20)25(26(36)14-9-16-41-17-15-34)19-27(37)29(42-22(3)35)30(40-4)31(38)33-21(2)28(43-32(33)39)23-11-6-5-7-12-23/h5-8,10-13,18-19,21,28-30,34H,9,14-17H2,1-4H3. The molecule has 1 N–H and O–H groups in total. The van der Waals surface area contributed by atoms with Crippen molar-refractivity contribution in [1.29, 1.82) is 0 Å². The number of aryl methyl sites for hydroxylation is 1. The summed E-state index contributed by atoms with van der Waals surface area (Å²) in [4.78, 5) is 66.5. The predicted octanol–water partition coefficient (Wildman–Crippen LogP) is 3.36. The maximum Gasteiger partial charge on any atom is 0.417 e. The van der Waals surface area contributed by atoms with Gasteiger partial charge in [0.25, 0.3) is 5.91 Å². The van der Waals surface area contributed by atoms with Gasteiger partial charge in [0.05, 0.1) is 19.3 Å². The summed E-state index contributed by atoms with van der Waals surface area (Å²) in [7, 11) is 1.15. The lowest BCUT2D eigenvalue weighted by molar-refractivity contribution is -0.166. The Morgan fingerprint density at radius 1 is 1.05 bits per heavy atom. The third kappa shape index (κ3) is 8.66. The van der Waals surface area contributed by atoms with Crippen LogP contribution in [0.25, 0.3) is 5.57 Å². The molecule has 0 spiro atoms. The van der Waals surface area contributed by atoms with Gasteiger partial charge in [0, 0.05) is 32.6 Å². The number of allylic oxidation sites excluding steroid dienone is 1. The Kier molecular flexibility index (Phi) is 12.3. The van der Waals surface area contributed by atoms with Crippen LogP contribution in [0.3, 0.4) is 0 Å². The molecule has 0 aliphatic carbocycles. The van der Waals surface area contributed by atoms with E-state index in [-0.39, 0.29) is 37.6 Å². The summed E-state index contributed by atoms with van der Waals surface area (Å²) in [5, 5.41) is 8.88. The van der Waals surface area contributed by atoms with Crippen molar-refractivity contribution in [2.45, 2.75) is 58.0 Å². The molecule has 0 aromatic heterocycles. The fraction of sp³-hybridized carbons (Fsp3) is 0.406. The van der Waals surface area contributed by atoms with Crippen LogP contribution in [0.2, 0.25) is 0 Å². The molecule has 1 aliphatic rings. The van der Waals surface area contributed by atoms with E-state index in [0.29, 0.717) is 17.5 Å². The minimum atomic E-state index is -1.80. The summed E-state index contributed by atoms with van der Waals surface area (Å²) in [5.74, 6) is -3.06. The van der Waals surface area contributed by atoms with Crippen LogP contribution in [0, 0.1) is 6.92 Å². The number of carbonyl (C=O) groups is 5. The number of cyclic esters (lactones) is 1. The summed E-state index contributed by atoms with van der Waals surface area (Å²) in [6.07, 6.45) is -3.80. The first-order valence-corrected chi connectivity index (χ1v) is 13.9. The number of imide groups is 1. The van der Waals surface area contributed by atoms with E-state index in [9.17, 15) is 24.0 Å². The topological polar surface area (TPSA) is 146 Å². The summed E-state index contributed by atoms with van der Waals surface area (Å²) in [6, 6.07) is 15.1. The van der Waals surface area contributed by atoms with Gasteiger partial charge in [-0.2, -0.15) is 0 Å². The molecular weight excluding hydrogens is 558 g/mol. The van der Waals surface area contributed by atoms with Gasteiger partial charge < -0.3 is 24.1 Å². The van der Waals surface area contributed by atoms with E-state index in [1.165, 1.54) is 0 Å². The third-order valence-electron chi connectivity index (χ3n) is 6.83. The molecule has 3 rings (SSSR count). The summed E-state index contributed by atoms with van der Waals surface area (Å²) < 4.78 is 21.4. The van der Waals surface area contributed by atoms with Gasteiger partial charge in [0.15, 0.2) is 23.8 Å². The minimum absolute atomic E-state index is 0.0291. The number of nitrogens with zero attached hydrogens (tertiary/aromatic N) is 1. The molecule has 0 radical (unpaired) electrons. The molecular formula is C32H37NO10. The molecule has 4 atom stereocenters. The van der Waals surface area contributed by atoms with Gasteiger partial charge in [0.2, 0.25) is 0 Å². The van der Waals surface area contributed by atoms with Crippen LogP contribution in [-0.2, 0) is 38.1 Å². The van der Waals surface area contributed by atoms with Crippen molar-refractivity contribution in [3.05, 3.63) is 77.4 Å². The maximum absolute atomic E-state index is 13.7. The number of hydrogen-bond acceptors (Lipinski definition) is 10. The highest BCUT2D eigenvalue weighted by Crippen LogP contribution is 2.33. The Morgan fingerprint density at radius 3 is 2.40 bits per heavy atom. The Hall–Kier alpha value is -4.19. The molecule has 0 saturated carbocycles. The van der Waals surface area contributed by atoms with Gasteiger partial charge >= 0.3 is 12.1 Å². The molecule has 2 aromatic rings. The third-order valence-corrected chi connectivity index (χ3v) is 6.83. The van der Waals surface area contributed by atoms with Crippen molar-refractivity contribution >= 4 is 35.1 Å². The smallest absolute Gasteiger partial charge is 0.417 e. The molecule has 1 saturated heterocycles. The summed E-state index contributed by atoms with van der Waals surface area (Å²) in [6.45, 7) is 4.74. The Morgan fingerprint density at radius 2 is 1.77 bits per heavy atom. The van der Waals surface area contributed by atoms with E-state index in [4.69, 9.17) is 24.1 Å². The van der Waals surface area contributed by atoms with Crippen molar-refractivity contribution in [1.82, 2.24) is 4.90 Å². The van der Waals surface area contributed by atoms with Crippen LogP contribution in [0.4, 0.5) is 4.79 Å². The second kappa shape index (κ2) is 15.9. The number of Topliss-reactive ketones (excluding diaryl/α,β-unsaturated/α-hetero) is 1. The molecule has 1 fully saturated rings. The first kappa shape index (κ1) is 33.3. The molecule has 230 valence electrons. The zero-order valence-corrected chi connectivity index (χ0v) is 24.7. The van der Waals surface area contributed by atoms with Crippen molar-refractivity contribution < 1.29 is 48.0 Å². The highest BCUT2D eigenvalue weighted by atomic mass is 16.6. The lowest BCUT2D eigenvalue weighted by atomic mass is 9.94. The molecule has 11 nitrogen and oxygen atoms in total. The van der Waals surface area contributed by atoms with E-state index in [2.05, 4.69) is 0 Å². The van der Waals surface area contributed by atoms with E-state index in [0.717, 1.165) is 30.6 Å². The summed E-state index contributed by atoms with van der Waals surface area (Å²) >= 11 is 0. The molecule has 1 aliphatic heterocycles. The Bertz CT molecular complexity index is 1340. The normalized spacial score (nSPS) is 18.1. The number of rotatable bonds is 15. The van der Waals surface area contributed by atoms with Gasteiger partial charge in [-0.05, 0) is 37.5 Å². The SMILES string of the molecule is COC(C(=O)N1C(=O)OC(c2ccccc2)C1C)C(OC(C)=O)C(=O)C=C(C(=O)CCCOCCO)c1cccc(C)c1.